The van der Waals surface area contributed by atoms with Crippen molar-refractivity contribution in [3.05, 3.63) is 35.4 Å². The largest absolute Gasteiger partial charge is 0.393 e. The summed E-state index contributed by atoms with van der Waals surface area (Å²) in [7, 11) is 0. The quantitative estimate of drug-likeness (QED) is 0.677. The number of carbonyl (C=O) groups is 1. The number of aliphatic hydroxyl groups is 1. The molecule has 0 saturated carbocycles. The topological polar surface area (TPSA) is 64.6 Å². The molecule has 1 aliphatic rings. The SMILES string of the molecule is CC(C)C(O)CCNC(=O)NCc1ccccc1CN1CCCCC1. The number of hydrogen-bond donors (Lipinski definition) is 3. The van der Waals surface area contributed by atoms with Gasteiger partial charge in [0.05, 0.1) is 6.10 Å². The minimum Gasteiger partial charge on any atom is -0.393 e. The molecule has 0 aliphatic carbocycles. The number of benzene rings is 1. The van der Waals surface area contributed by atoms with E-state index in [9.17, 15) is 9.90 Å². The lowest BCUT2D eigenvalue weighted by atomic mass is 10.0. The Labute approximate surface area is 151 Å². The van der Waals surface area contributed by atoms with Gasteiger partial charge in [-0.05, 0) is 49.4 Å². The van der Waals surface area contributed by atoms with Crippen molar-refractivity contribution >= 4 is 6.03 Å². The van der Waals surface area contributed by atoms with Crippen molar-refractivity contribution in [2.75, 3.05) is 19.6 Å². The number of amides is 2. The molecule has 1 aromatic carbocycles. The summed E-state index contributed by atoms with van der Waals surface area (Å²) in [5, 5.41) is 15.5. The van der Waals surface area contributed by atoms with Crippen molar-refractivity contribution in [3.8, 4) is 0 Å². The maximum Gasteiger partial charge on any atom is 0.315 e. The number of hydrogen-bond acceptors (Lipinski definition) is 3. The highest BCUT2D eigenvalue weighted by molar-refractivity contribution is 5.73. The highest BCUT2D eigenvalue weighted by atomic mass is 16.3. The van der Waals surface area contributed by atoms with Crippen LogP contribution in [0.15, 0.2) is 24.3 Å². The summed E-state index contributed by atoms with van der Waals surface area (Å²) < 4.78 is 0. The van der Waals surface area contributed by atoms with E-state index in [-0.39, 0.29) is 18.1 Å². The Bertz CT molecular complexity index is 527. The number of urea groups is 1. The summed E-state index contributed by atoms with van der Waals surface area (Å²) in [5.41, 5.74) is 2.46. The third kappa shape index (κ3) is 7.04. The zero-order valence-electron chi connectivity index (χ0n) is 15.6. The number of rotatable bonds is 8. The van der Waals surface area contributed by atoms with Gasteiger partial charge in [-0.1, -0.05) is 44.5 Å². The Morgan fingerprint density at radius 3 is 2.48 bits per heavy atom. The van der Waals surface area contributed by atoms with Crippen molar-refractivity contribution < 1.29 is 9.90 Å². The molecule has 1 saturated heterocycles. The van der Waals surface area contributed by atoms with Gasteiger partial charge >= 0.3 is 6.03 Å². The molecule has 1 fully saturated rings. The molecular weight excluding hydrogens is 314 g/mol. The number of carbonyl (C=O) groups excluding carboxylic acids is 1. The van der Waals surface area contributed by atoms with Gasteiger partial charge in [-0.15, -0.1) is 0 Å². The minimum absolute atomic E-state index is 0.177. The van der Waals surface area contributed by atoms with E-state index in [1.165, 1.54) is 43.5 Å². The third-order valence-corrected chi connectivity index (χ3v) is 4.90. The molecule has 1 unspecified atom stereocenters. The normalized spacial score (nSPS) is 16.6. The fourth-order valence-corrected chi connectivity index (χ4v) is 3.15. The predicted octanol–water partition coefficient (Wildman–Crippen LogP) is 2.88. The van der Waals surface area contributed by atoms with Crippen LogP contribution in [-0.2, 0) is 13.1 Å². The van der Waals surface area contributed by atoms with Crippen molar-refractivity contribution in [3.63, 3.8) is 0 Å². The highest BCUT2D eigenvalue weighted by Gasteiger charge is 2.13. The van der Waals surface area contributed by atoms with Gasteiger partial charge in [0.2, 0.25) is 0 Å². The molecule has 1 heterocycles. The number of nitrogens with zero attached hydrogens (tertiary/aromatic N) is 1. The maximum absolute atomic E-state index is 12.0. The first-order chi connectivity index (χ1) is 12.1. The fraction of sp³-hybridized carbons (Fsp3) is 0.650. The van der Waals surface area contributed by atoms with E-state index in [0.717, 1.165) is 6.54 Å². The van der Waals surface area contributed by atoms with Crippen LogP contribution in [-0.4, -0.2) is 41.8 Å². The average Bonchev–Trinajstić information content (AvgIpc) is 2.61. The molecule has 1 atom stereocenters. The molecule has 0 bridgehead atoms. The Hall–Kier alpha value is -1.59. The zero-order chi connectivity index (χ0) is 18.1. The second-order valence-electron chi connectivity index (χ2n) is 7.32. The van der Waals surface area contributed by atoms with E-state index in [0.29, 0.717) is 19.5 Å². The summed E-state index contributed by atoms with van der Waals surface area (Å²) in [5.74, 6) is 0.214. The molecule has 0 spiro atoms. The van der Waals surface area contributed by atoms with Gasteiger partial charge in [-0.25, -0.2) is 4.79 Å². The molecule has 0 radical (unpaired) electrons. The van der Waals surface area contributed by atoms with Crippen LogP contribution in [0.4, 0.5) is 4.79 Å². The average molecular weight is 348 g/mol. The van der Waals surface area contributed by atoms with Crippen LogP contribution >= 0.6 is 0 Å². The number of nitrogens with one attached hydrogen (secondary N) is 2. The predicted molar refractivity (Wildman–Crippen MR) is 101 cm³/mol. The van der Waals surface area contributed by atoms with Gasteiger partial charge in [0, 0.05) is 19.6 Å². The Kier molecular flexibility index (Phi) is 8.22. The van der Waals surface area contributed by atoms with E-state index in [1.54, 1.807) is 0 Å². The number of piperidine rings is 1. The van der Waals surface area contributed by atoms with Crippen LogP contribution in [0.25, 0.3) is 0 Å². The molecule has 25 heavy (non-hydrogen) atoms. The first-order valence-corrected chi connectivity index (χ1v) is 9.55. The van der Waals surface area contributed by atoms with Gasteiger partial charge in [-0.3, -0.25) is 4.90 Å². The molecule has 0 aromatic heterocycles. The standard InChI is InChI=1S/C20H33N3O2/c1-16(2)19(24)10-11-21-20(25)22-14-17-8-4-5-9-18(17)15-23-12-6-3-7-13-23/h4-5,8-9,16,19,24H,3,6-7,10-15H2,1-2H3,(H2,21,22,25). The van der Waals surface area contributed by atoms with Crippen LogP contribution in [0.2, 0.25) is 0 Å². The second kappa shape index (κ2) is 10.4. The van der Waals surface area contributed by atoms with Gasteiger partial charge in [0.1, 0.15) is 0 Å². The monoisotopic (exact) mass is 347 g/mol. The van der Waals surface area contributed by atoms with E-state index >= 15 is 0 Å². The number of aliphatic hydroxyl groups excluding tert-OH is 1. The molecule has 2 amide bonds. The van der Waals surface area contributed by atoms with Gasteiger partial charge in [0.25, 0.3) is 0 Å². The Morgan fingerprint density at radius 2 is 1.80 bits per heavy atom. The lowest BCUT2D eigenvalue weighted by Crippen LogP contribution is -2.37. The summed E-state index contributed by atoms with van der Waals surface area (Å²) in [6, 6.07) is 8.15. The van der Waals surface area contributed by atoms with Crippen molar-refractivity contribution in [2.45, 2.75) is 58.7 Å². The van der Waals surface area contributed by atoms with Crippen LogP contribution in [0.1, 0.15) is 50.7 Å². The first kappa shape index (κ1) is 19.7. The van der Waals surface area contributed by atoms with Gasteiger partial charge in [-0.2, -0.15) is 0 Å². The smallest absolute Gasteiger partial charge is 0.315 e. The van der Waals surface area contributed by atoms with E-state index in [4.69, 9.17) is 0 Å². The van der Waals surface area contributed by atoms with Crippen LogP contribution in [0.3, 0.4) is 0 Å². The van der Waals surface area contributed by atoms with Gasteiger partial charge in [0.15, 0.2) is 0 Å². The second-order valence-corrected chi connectivity index (χ2v) is 7.32. The molecule has 1 aliphatic heterocycles. The van der Waals surface area contributed by atoms with E-state index < -0.39 is 0 Å². The van der Waals surface area contributed by atoms with Crippen molar-refractivity contribution in [1.29, 1.82) is 0 Å². The zero-order valence-corrected chi connectivity index (χ0v) is 15.6. The molecule has 5 nitrogen and oxygen atoms in total. The fourth-order valence-electron chi connectivity index (χ4n) is 3.15. The summed E-state index contributed by atoms with van der Waals surface area (Å²) in [6.07, 6.45) is 4.11. The number of likely N-dealkylation sites (tertiary alicyclic amines) is 1. The summed E-state index contributed by atoms with van der Waals surface area (Å²) in [6.45, 7) is 8.26. The van der Waals surface area contributed by atoms with Crippen LogP contribution in [0.5, 0.6) is 0 Å². The van der Waals surface area contributed by atoms with Crippen LogP contribution in [0, 0.1) is 5.92 Å². The lowest BCUT2D eigenvalue weighted by Gasteiger charge is -2.27. The highest BCUT2D eigenvalue weighted by Crippen LogP contribution is 2.16. The summed E-state index contributed by atoms with van der Waals surface area (Å²) in [4.78, 5) is 14.5. The van der Waals surface area contributed by atoms with Gasteiger partial charge < -0.3 is 15.7 Å². The maximum atomic E-state index is 12.0. The third-order valence-electron chi connectivity index (χ3n) is 4.90. The molecule has 5 heteroatoms. The first-order valence-electron chi connectivity index (χ1n) is 9.55. The lowest BCUT2D eigenvalue weighted by molar-refractivity contribution is 0.116. The van der Waals surface area contributed by atoms with Crippen molar-refractivity contribution in [2.24, 2.45) is 5.92 Å². The van der Waals surface area contributed by atoms with Crippen LogP contribution < -0.4 is 10.6 Å². The molecule has 2 rings (SSSR count). The van der Waals surface area contributed by atoms with E-state index in [1.807, 2.05) is 19.9 Å². The molecule has 1 aromatic rings. The molecule has 3 N–H and O–H groups in total. The summed E-state index contributed by atoms with van der Waals surface area (Å²) >= 11 is 0. The minimum atomic E-state index is -0.370. The molecular formula is C20H33N3O2. The van der Waals surface area contributed by atoms with E-state index in [2.05, 4.69) is 33.7 Å². The Morgan fingerprint density at radius 1 is 1.12 bits per heavy atom. The Balaban J connectivity index is 1.77. The molecule has 140 valence electrons. The van der Waals surface area contributed by atoms with Crippen molar-refractivity contribution in [1.82, 2.24) is 15.5 Å².